The summed E-state index contributed by atoms with van der Waals surface area (Å²) < 4.78 is 1.72. The minimum atomic E-state index is -0.0771. The molecule has 1 N–H and O–H groups in total. The van der Waals surface area contributed by atoms with Gasteiger partial charge in [0, 0.05) is 6.04 Å². The first kappa shape index (κ1) is 22.4. The largest absolute Gasteiger partial charge is 0.348 e. The summed E-state index contributed by atoms with van der Waals surface area (Å²) in [4.78, 5) is 19.0. The van der Waals surface area contributed by atoms with Crippen LogP contribution in [0, 0.1) is 0 Å². The van der Waals surface area contributed by atoms with Gasteiger partial charge in [-0.3, -0.25) is 9.69 Å². The summed E-state index contributed by atoms with van der Waals surface area (Å²) in [5.74, 6) is 0.00775. The van der Waals surface area contributed by atoms with Crippen molar-refractivity contribution in [2.45, 2.75) is 25.4 Å². The van der Waals surface area contributed by atoms with Gasteiger partial charge in [-0.25, -0.2) is 9.67 Å². The number of hydrogen-bond acceptors (Lipinski definition) is 4. The van der Waals surface area contributed by atoms with E-state index in [9.17, 15) is 4.79 Å². The van der Waals surface area contributed by atoms with E-state index in [2.05, 4.69) is 63.6 Å². The fraction of sp³-hybridized carbons (Fsp3) is 0.222. The van der Waals surface area contributed by atoms with Crippen LogP contribution >= 0.6 is 0 Å². The predicted octanol–water partition coefficient (Wildman–Crippen LogP) is 4.36. The predicted molar refractivity (Wildman–Crippen MR) is 130 cm³/mol. The maximum absolute atomic E-state index is 13.0. The number of nitrogens with one attached hydrogen (secondary N) is 1. The molecule has 168 valence electrons. The SMILES string of the molecule is CC(c1ccc(-n2cncn2)cc1)N(C)CC(=O)NC(Cc1ccccc1)c1ccccc1. The van der Waals surface area contributed by atoms with E-state index in [4.69, 9.17) is 0 Å². The van der Waals surface area contributed by atoms with E-state index in [1.54, 1.807) is 11.0 Å². The number of carbonyl (C=O) groups excluding carboxylic acids is 1. The molecule has 0 aliphatic rings. The van der Waals surface area contributed by atoms with Crippen molar-refractivity contribution in [1.29, 1.82) is 0 Å². The van der Waals surface area contributed by atoms with E-state index < -0.39 is 0 Å². The van der Waals surface area contributed by atoms with Gasteiger partial charge in [0.05, 0.1) is 18.3 Å². The summed E-state index contributed by atoms with van der Waals surface area (Å²) in [5, 5.41) is 7.41. The molecule has 4 rings (SSSR count). The Balaban J connectivity index is 1.40. The van der Waals surface area contributed by atoms with Gasteiger partial charge in [0.1, 0.15) is 12.7 Å². The van der Waals surface area contributed by atoms with E-state index >= 15 is 0 Å². The first-order chi connectivity index (χ1) is 16.1. The molecule has 0 aliphatic heterocycles. The van der Waals surface area contributed by atoms with Gasteiger partial charge < -0.3 is 5.32 Å². The molecular weight excluding hydrogens is 410 g/mol. The normalized spacial score (nSPS) is 12.9. The summed E-state index contributed by atoms with van der Waals surface area (Å²) in [5.41, 5.74) is 4.39. The van der Waals surface area contributed by atoms with E-state index in [1.165, 1.54) is 11.9 Å². The lowest BCUT2D eigenvalue weighted by atomic mass is 9.99. The smallest absolute Gasteiger partial charge is 0.234 e. The molecule has 6 heteroatoms. The highest BCUT2D eigenvalue weighted by Crippen LogP contribution is 2.21. The molecule has 0 radical (unpaired) electrons. The van der Waals surface area contributed by atoms with E-state index in [1.807, 2.05) is 55.6 Å². The molecule has 33 heavy (non-hydrogen) atoms. The molecule has 2 atom stereocenters. The van der Waals surface area contributed by atoms with Gasteiger partial charge in [-0.2, -0.15) is 5.10 Å². The average Bonchev–Trinajstić information content (AvgIpc) is 3.39. The molecular formula is C27H29N5O. The lowest BCUT2D eigenvalue weighted by Gasteiger charge is -2.26. The summed E-state index contributed by atoms with van der Waals surface area (Å²) >= 11 is 0. The first-order valence-electron chi connectivity index (χ1n) is 11.1. The van der Waals surface area contributed by atoms with Gasteiger partial charge in [-0.05, 0) is 49.2 Å². The van der Waals surface area contributed by atoms with Crippen molar-refractivity contribution in [1.82, 2.24) is 25.0 Å². The second-order valence-corrected chi connectivity index (χ2v) is 8.24. The molecule has 2 unspecified atom stereocenters. The van der Waals surface area contributed by atoms with Gasteiger partial charge in [0.2, 0.25) is 5.91 Å². The Bertz CT molecular complexity index is 1130. The van der Waals surface area contributed by atoms with E-state index in [0.717, 1.165) is 23.2 Å². The van der Waals surface area contributed by atoms with Crippen molar-refractivity contribution in [3.05, 3.63) is 114 Å². The fourth-order valence-corrected chi connectivity index (χ4v) is 3.89. The lowest BCUT2D eigenvalue weighted by molar-refractivity contribution is -0.123. The third-order valence-corrected chi connectivity index (χ3v) is 5.93. The van der Waals surface area contributed by atoms with Crippen molar-refractivity contribution in [2.24, 2.45) is 0 Å². The Hall–Kier alpha value is -3.77. The maximum atomic E-state index is 13.0. The molecule has 1 heterocycles. The number of hydrogen-bond donors (Lipinski definition) is 1. The molecule has 4 aromatic rings. The van der Waals surface area contributed by atoms with Crippen LogP contribution in [0.1, 0.15) is 35.7 Å². The molecule has 0 saturated carbocycles. The number of nitrogens with zero attached hydrogens (tertiary/aromatic N) is 4. The number of carbonyl (C=O) groups is 1. The topological polar surface area (TPSA) is 63.1 Å². The highest BCUT2D eigenvalue weighted by molar-refractivity contribution is 5.78. The molecule has 0 fully saturated rings. The Morgan fingerprint density at radius 3 is 2.24 bits per heavy atom. The van der Waals surface area contributed by atoms with Crippen LogP contribution in [0.3, 0.4) is 0 Å². The van der Waals surface area contributed by atoms with Crippen molar-refractivity contribution in [3.8, 4) is 5.69 Å². The van der Waals surface area contributed by atoms with E-state index in [-0.39, 0.29) is 18.0 Å². The zero-order valence-corrected chi connectivity index (χ0v) is 19.0. The van der Waals surface area contributed by atoms with Crippen LogP contribution in [0.15, 0.2) is 97.6 Å². The Morgan fingerprint density at radius 1 is 0.939 bits per heavy atom. The highest BCUT2D eigenvalue weighted by atomic mass is 16.2. The van der Waals surface area contributed by atoms with Gasteiger partial charge in [-0.15, -0.1) is 0 Å². The number of aromatic nitrogens is 3. The van der Waals surface area contributed by atoms with Crippen molar-refractivity contribution < 1.29 is 4.79 Å². The van der Waals surface area contributed by atoms with Crippen LogP contribution in [0.4, 0.5) is 0 Å². The van der Waals surface area contributed by atoms with Gasteiger partial charge in [-0.1, -0.05) is 72.8 Å². The van der Waals surface area contributed by atoms with Crippen LogP contribution in [-0.4, -0.2) is 39.2 Å². The minimum Gasteiger partial charge on any atom is -0.348 e. The van der Waals surface area contributed by atoms with Crippen molar-refractivity contribution in [2.75, 3.05) is 13.6 Å². The van der Waals surface area contributed by atoms with Crippen LogP contribution in [-0.2, 0) is 11.2 Å². The lowest BCUT2D eigenvalue weighted by Crippen LogP contribution is -2.38. The molecule has 0 saturated heterocycles. The average molecular weight is 440 g/mol. The quantitative estimate of drug-likeness (QED) is 0.421. The van der Waals surface area contributed by atoms with Crippen molar-refractivity contribution >= 4 is 5.91 Å². The second-order valence-electron chi connectivity index (χ2n) is 8.24. The van der Waals surface area contributed by atoms with Crippen LogP contribution in [0.2, 0.25) is 0 Å². The van der Waals surface area contributed by atoms with Gasteiger partial charge in [0.15, 0.2) is 0 Å². The summed E-state index contributed by atoms with van der Waals surface area (Å²) in [6.07, 6.45) is 3.94. The van der Waals surface area contributed by atoms with E-state index in [0.29, 0.717) is 6.54 Å². The summed E-state index contributed by atoms with van der Waals surface area (Å²) in [6.45, 7) is 2.42. The molecule has 0 aliphatic carbocycles. The summed E-state index contributed by atoms with van der Waals surface area (Å²) in [7, 11) is 1.98. The maximum Gasteiger partial charge on any atom is 0.234 e. The minimum absolute atomic E-state index is 0.00775. The first-order valence-corrected chi connectivity index (χ1v) is 11.1. The number of rotatable bonds is 9. The molecule has 0 bridgehead atoms. The van der Waals surface area contributed by atoms with Gasteiger partial charge in [0.25, 0.3) is 0 Å². The summed E-state index contributed by atoms with van der Waals surface area (Å²) in [6, 6.07) is 28.6. The zero-order valence-electron chi connectivity index (χ0n) is 19.0. The third kappa shape index (κ3) is 5.93. The van der Waals surface area contributed by atoms with Crippen molar-refractivity contribution in [3.63, 3.8) is 0 Å². The molecule has 3 aromatic carbocycles. The number of likely N-dealkylation sites (N-methyl/N-ethyl adjacent to an activating group) is 1. The zero-order chi connectivity index (χ0) is 23.0. The molecule has 6 nitrogen and oxygen atoms in total. The monoisotopic (exact) mass is 439 g/mol. The molecule has 1 aromatic heterocycles. The number of benzene rings is 3. The Labute approximate surface area is 194 Å². The second kappa shape index (κ2) is 10.7. The Kier molecular flexibility index (Phi) is 7.27. The highest BCUT2D eigenvalue weighted by Gasteiger charge is 2.19. The van der Waals surface area contributed by atoms with Crippen LogP contribution < -0.4 is 5.32 Å². The van der Waals surface area contributed by atoms with Crippen LogP contribution in [0.5, 0.6) is 0 Å². The fourth-order valence-electron chi connectivity index (χ4n) is 3.89. The molecule has 0 spiro atoms. The number of amides is 1. The third-order valence-electron chi connectivity index (χ3n) is 5.93. The van der Waals surface area contributed by atoms with Gasteiger partial charge >= 0.3 is 0 Å². The standard InChI is InChI=1S/C27H29N5O/c1-21(23-13-15-25(16-14-23)32-20-28-19-29-32)31(2)18-27(33)30-26(24-11-7-4-8-12-24)17-22-9-5-3-6-10-22/h3-16,19-21,26H,17-18H2,1-2H3,(H,30,33). The molecule has 1 amide bonds. The van der Waals surface area contributed by atoms with Crippen LogP contribution in [0.25, 0.3) is 5.69 Å². The Morgan fingerprint density at radius 2 is 1.61 bits per heavy atom.